The van der Waals surface area contributed by atoms with Crippen LogP contribution < -0.4 is 0 Å². The zero-order chi connectivity index (χ0) is 19.8. The predicted octanol–water partition coefficient (Wildman–Crippen LogP) is 3.49. The molecule has 1 aromatic heterocycles. The van der Waals surface area contributed by atoms with Gasteiger partial charge in [-0.2, -0.15) is 15.0 Å². The average Bonchev–Trinajstić information content (AvgIpc) is 3.12. The molecule has 0 aliphatic carbocycles. The lowest BCUT2D eigenvalue weighted by molar-refractivity contribution is 0.0532. The standard InChI is InChI=1S/C21H30N4O2/c1-14(2)17-8-6-7-9-18(17)20(26)24-13-16(11-10-15(24)3)25-22-12-19(23-25)21(4,5)27/h6-9,12,14-16,27H,10-11,13H2,1-5H3/t15-,16-/m1/s1. The number of amides is 1. The molecule has 0 spiro atoms. The van der Waals surface area contributed by atoms with Gasteiger partial charge in [-0.1, -0.05) is 32.0 Å². The third-order valence-corrected chi connectivity index (χ3v) is 5.39. The zero-order valence-corrected chi connectivity index (χ0v) is 16.9. The van der Waals surface area contributed by atoms with Crippen LogP contribution in [0.3, 0.4) is 0 Å². The lowest BCUT2D eigenvalue weighted by Crippen LogP contribution is -2.46. The number of carbonyl (C=O) groups is 1. The van der Waals surface area contributed by atoms with E-state index in [0.717, 1.165) is 24.0 Å². The van der Waals surface area contributed by atoms with Gasteiger partial charge < -0.3 is 10.0 Å². The van der Waals surface area contributed by atoms with E-state index in [-0.39, 0.29) is 18.0 Å². The van der Waals surface area contributed by atoms with Gasteiger partial charge in [-0.15, -0.1) is 0 Å². The summed E-state index contributed by atoms with van der Waals surface area (Å²) in [6.45, 7) is 10.3. The van der Waals surface area contributed by atoms with Gasteiger partial charge in [0, 0.05) is 18.2 Å². The first-order valence-electron chi connectivity index (χ1n) is 9.73. The number of hydrogen-bond donors (Lipinski definition) is 1. The smallest absolute Gasteiger partial charge is 0.254 e. The highest BCUT2D eigenvalue weighted by Crippen LogP contribution is 2.29. The van der Waals surface area contributed by atoms with Gasteiger partial charge in [-0.25, -0.2) is 0 Å². The Morgan fingerprint density at radius 2 is 1.96 bits per heavy atom. The molecule has 2 atom stereocenters. The SMILES string of the molecule is CC(C)c1ccccc1C(=O)N1C[C@H](n2ncc(C(C)(C)O)n2)CC[C@H]1C. The fourth-order valence-electron chi connectivity index (χ4n) is 3.64. The second kappa shape index (κ2) is 7.43. The minimum Gasteiger partial charge on any atom is -0.384 e. The van der Waals surface area contributed by atoms with E-state index < -0.39 is 5.60 Å². The Balaban J connectivity index is 1.84. The normalized spacial score (nSPS) is 20.9. The molecule has 1 aromatic carbocycles. The van der Waals surface area contributed by atoms with Crippen molar-refractivity contribution in [2.24, 2.45) is 0 Å². The molecule has 146 valence electrons. The number of aliphatic hydroxyl groups is 1. The number of likely N-dealkylation sites (tertiary alicyclic amines) is 1. The van der Waals surface area contributed by atoms with E-state index in [4.69, 9.17) is 0 Å². The van der Waals surface area contributed by atoms with Crippen molar-refractivity contribution in [3.8, 4) is 0 Å². The minimum absolute atomic E-state index is 0.0208. The molecular weight excluding hydrogens is 340 g/mol. The number of aromatic nitrogens is 3. The van der Waals surface area contributed by atoms with Crippen LogP contribution in [0.5, 0.6) is 0 Å². The first-order chi connectivity index (χ1) is 12.7. The molecule has 0 saturated carbocycles. The summed E-state index contributed by atoms with van der Waals surface area (Å²) >= 11 is 0. The maximum absolute atomic E-state index is 13.3. The van der Waals surface area contributed by atoms with Crippen LogP contribution in [0.15, 0.2) is 30.5 Å². The van der Waals surface area contributed by atoms with Crippen molar-refractivity contribution in [2.45, 2.75) is 71.1 Å². The van der Waals surface area contributed by atoms with E-state index in [1.54, 1.807) is 24.8 Å². The molecule has 0 radical (unpaired) electrons. The molecule has 0 unspecified atom stereocenters. The van der Waals surface area contributed by atoms with Crippen LogP contribution in [-0.4, -0.2) is 43.5 Å². The fraction of sp³-hybridized carbons (Fsp3) is 0.571. The molecule has 2 heterocycles. The minimum atomic E-state index is -1.02. The van der Waals surface area contributed by atoms with Crippen LogP contribution in [0.4, 0.5) is 0 Å². The summed E-state index contributed by atoms with van der Waals surface area (Å²) < 4.78 is 0. The van der Waals surface area contributed by atoms with Gasteiger partial charge in [0.2, 0.25) is 0 Å². The number of rotatable bonds is 4. The van der Waals surface area contributed by atoms with Gasteiger partial charge in [0.25, 0.3) is 5.91 Å². The molecule has 0 bridgehead atoms. The van der Waals surface area contributed by atoms with Crippen molar-refractivity contribution in [2.75, 3.05) is 6.54 Å². The first kappa shape index (κ1) is 19.5. The van der Waals surface area contributed by atoms with Crippen LogP contribution in [0.2, 0.25) is 0 Å². The van der Waals surface area contributed by atoms with Gasteiger partial charge in [0.15, 0.2) is 0 Å². The summed E-state index contributed by atoms with van der Waals surface area (Å²) in [5.74, 6) is 0.370. The van der Waals surface area contributed by atoms with Crippen molar-refractivity contribution in [1.82, 2.24) is 19.9 Å². The average molecular weight is 370 g/mol. The largest absolute Gasteiger partial charge is 0.384 e. The number of hydrogen-bond acceptors (Lipinski definition) is 4. The molecule has 1 aliphatic heterocycles. The first-order valence-corrected chi connectivity index (χ1v) is 9.73. The quantitative estimate of drug-likeness (QED) is 0.894. The molecular formula is C21H30N4O2. The number of carbonyl (C=O) groups excluding carboxylic acids is 1. The third kappa shape index (κ3) is 4.05. The van der Waals surface area contributed by atoms with E-state index in [0.29, 0.717) is 18.2 Å². The van der Waals surface area contributed by atoms with E-state index in [1.807, 2.05) is 29.2 Å². The van der Waals surface area contributed by atoms with Crippen LogP contribution in [0.1, 0.15) is 81.0 Å². The number of piperidine rings is 1. The van der Waals surface area contributed by atoms with E-state index in [2.05, 4.69) is 31.0 Å². The molecule has 6 heteroatoms. The van der Waals surface area contributed by atoms with Gasteiger partial charge in [-0.3, -0.25) is 4.79 Å². The Labute approximate surface area is 161 Å². The highest BCUT2D eigenvalue weighted by Gasteiger charge is 2.33. The Morgan fingerprint density at radius 1 is 1.26 bits per heavy atom. The highest BCUT2D eigenvalue weighted by molar-refractivity contribution is 5.96. The maximum Gasteiger partial charge on any atom is 0.254 e. The summed E-state index contributed by atoms with van der Waals surface area (Å²) in [5, 5.41) is 18.9. The van der Waals surface area contributed by atoms with Gasteiger partial charge in [0.05, 0.1) is 12.2 Å². The van der Waals surface area contributed by atoms with E-state index in [9.17, 15) is 9.90 Å². The predicted molar refractivity (Wildman–Crippen MR) is 105 cm³/mol. The van der Waals surface area contributed by atoms with Crippen molar-refractivity contribution in [3.63, 3.8) is 0 Å². The molecule has 3 rings (SSSR count). The lowest BCUT2D eigenvalue weighted by atomic mass is 9.94. The highest BCUT2D eigenvalue weighted by atomic mass is 16.3. The molecule has 27 heavy (non-hydrogen) atoms. The second-order valence-corrected chi connectivity index (χ2v) is 8.39. The molecule has 2 aromatic rings. The van der Waals surface area contributed by atoms with Gasteiger partial charge in [0.1, 0.15) is 11.3 Å². The lowest BCUT2D eigenvalue weighted by Gasteiger charge is -2.38. The van der Waals surface area contributed by atoms with E-state index in [1.165, 1.54) is 0 Å². The summed E-state index contributed by atoms with van der Waals surface area (Å²) in [5.41, 5.74) is 1.39. The fourth-order valence-corrected chi connectivity index (χ4v) is 3.64. The summed E-state index contributed by atoms with van der Waals surface area (Å²) in [6.07, 6.45) is 3.43. The Morgan fingerprint density at radius 3 is 2.59 bits per heavy atom. The molecule has 1 saturated heterocycles. The van der Waals surface area contributed by atoms with Crippen LogP contribution in [0.25, 0.3) is 0 Å². The van der Waals surface area contributed by atoms with Crippen LogP contribution in [0, 0.1) is 0 Å². The number of benzene rings is 1. The molecule has 1 N–H and O–H groups in total. The Kier molecular flexibility index (Phi) is 5.38. The monoisotopic (exact) mass is 370 g/mol. The van der Waals surface area contributed by atoms with Crippen molar-refractivity contribution in [1.29, 1.82) is 0 Å². The second-order valence-electron chi connectivity index (χ2n) is 8.39. The van der Waals surface area contributed by atoms with Crippen molar-refractivity contribution in [3.05, 3.63) is 47.3 Å². The van der Waals surface area contributed by atoms with Gasteiger partial charge in [-0.05, 0) is 51.2 Å². The zero-order valence-electron chi connectivity index (χ0n) is 16.9. The topological polar surface area (TPSA) is 71.2 Å². The van der Waals surface area contributed by atoms with E-state index >= 15 is 0 Å². The molecule has 1 amide bonds. The Bertz CT molecular complexity index is 807. The molecule has 1 fully saturated rings. The van der Waals surface area contributed by atoms with Crippen molar-refractivity contribution < 1.29 is 9.90 Å². The maximum atomic E-state index is 13.3. The van der Waals surface area contributed by atoms with Crippen molar-refractivity contribution >= 4 is 5.91 Å². The number of nitrogens with zero attached hydrogens (tertiary/aromatic N) is 4. The molecule has 6 nitrogen and oxygen atoms in total. The summed E-state index contributed by atoms with van der Waals surface area (Å²) in [4.78, 5) is 16.9. The van der Waals surface area contributed by atoms with Gasteiger partial charge >= 0.3 is 0 Å². The summed E-state index contributed by atoms with van der Waals surface area (Å²) in [7, 11) is 0. The molecule has 1 aliphatic rings. The Hall–Kier alpha value is -2.21. The summed E-state index contributed by atoms with van der Waals surface area (Å²) in [6, 6.07) is 8.07. The van der Waals surface area contributed by atoms with Crippen LogP contribution >= 0.6 is 0 Å². The third-order valence-electron chi connectivity index (χ3n) is 5.39. The van der Waals surface area contributed by atoms with Crippen LogP contribution in [-0.2, 0) is 5.60 Å².